The zero-order valence-electron chi connectivity index (χ0n) is 17.3. The third-order valence-electron chi connectivity index (χ3n) is 6.22. The molecule has 0 aliphatic heterocycles. The minimum absolute atomic E-state index is 0.0305. The summed E-state index contributed by atoms with van der Waals surface area (Å²) in [7, 11) is 0.592. The van der Waals surface area contributed by atoms with E-state index >= 15 is 0 Å². The van der Waals surface area contributed by atoms with Gasteiger partial charge < -0.3 is 10.2 Å². The van der Waals surface area contributed by atoms with Crippen LogP contribution in [-0.2, 0) is 10.0 Å². The first-order valence-corrected chi connectivity index (χ1v) is 11.8. The standard InChI is InChI=1S/C21H33N3O3S/c1-16-8-11-18(28(26,27)23-17-9-10-17)14-19(16)20(25)22-15-21(24(2)3)12-6-4-5-7-13-21/h8,11,14,17,23H,4-7,9-10,12-13,15H2,1-3H3,(H,22,25). The minimum atomic E-state index is -3.57. The fourth-order valence-electron chi connectivity index (χ4n) is 4.01. The van der Waals surface area contributed by atoms with Crippen molar-refractivity contribution in [1.82, 2.24) is 14.9 Å². The molecule has 7 heteroatoms. The van der Waals surface area contributed by atoms with Crippen molar-refractivity contribution in [2.45, 2.75) is 74.8 Å². The van der Waals surface area contributed by atoms with Crippen molar-refractivity contribution in [3.05, 3.63) is 29.3 Å². The van der Waals surface area contributed by atoms with Crippen molar-refractivity contribution in [1.29, 1.82) is 0 Å². The van der Waals surface area contributed by atoms with Crippen LogP contribution in [-0.4, -0.2) is 51.4 Å². The van der Waals surface area contributed by atoms with E-state index in [1.807, 2.05) is 6.92 Å². The number of carbonyl (C=O) groups excluding carboxylic acids is 1. The highest BCUT2D eigenvalue weighted by Gasteiger charge is 2.34. The van der Waals surface area contributed by atoms with Gasteiger partial charge in [0.2, 0.25) is 10.0 Å². The van der Waals surface area contributed by atoms with Crippen LogP contribution < -0.4 is 10.0 Å². The number of amides is 1. The predicted octanol–water partition coefficient (Wildman–Crippen LogP) is 2.82. The normalized spacial score (nSPS) is 20.0. The molecule has 2 aliphatic rings. The SMILES string of the molecule is Cc1ccc(S(=O)(=O)NC2CC2)cc1C(=O)NCC1(N(C)C)CCCCCC1. The van der Waals surface area contributed by atoms with Crippen LogP contribution in [0.3, 0.4) is 0 Å². The Bertz CT molecular complexity index is 808. The van der Waals surface area contributed by atoms with E-state index in [0.717, 1.165) is 31.2 Å². The van der Waals surface area contributed by atoms with Gasteiger partial charge in [-0.2, -0.15) is 0 Å². The van der Waals surface area contributed by atoms with Crippen LogP contribution in [0.25, 0.3) is 0 Å². The van der Waals surface area contributed by atoms with E-state index in [0.29, 0.717) is 12.1 Å². The number of hydrogen-bond donors (Lipinski definition) is 2. The molecule has 2 aliphatic carbocycles. The lowest BCUT2D eigenvalue weighted by Crippen LogP contribution is -2.52. The van der Waals surface area contributed by atoms with E-state index in [1.165, 1.54) is 31.7 Å². The maximum Gasteiger partial charge on any atom is 0.251 e. The van der Waals surface area contributed by atoms with Crippen LogP contribution in [0.1, 0.15) is 67.3 Å². The van der Waals surface area contributed by atoms with Crippen molar-refractivity contribution >= 4 is 15.9 Å². The Balaban J connectivity index is 1.75. The lowest BCUT2D eigenvalue weighted by molar-refractivity contribution is 0.0868. The fraction of sp³-hybridized carbons (Fsp3) is 0.667. The number of sulfonamides is 1. The summed E-state index contributed by atoms with van der Waals surface area (Å²) >= 11 is 0. The Labute approximate surface area is 169 Å². The first-order chi connectivity index (χ1) is 13.2. The zero-order valence-corrected chi connectivity index (χ0v) is 18.1. The average Bonchev–Trinajstić information content (AvgIpc) is 3.46. The molecule has 0 heterocycles. The van der Waals surface area contributed by atoms with Gasteiger partial charge >= 0.3 is 0 Å². The molecule has 156 valence electrons. The minimum Gasteiger partial charge on any atom is -0.350 e. The predicted molar refractivity (Wildman–Crippen MR) is 111 cm³/mol. The summed E-state index contributed by atoms with van der Waals surface area (Å²) in [5, 5.41) is 3.10. The molecule has 6 nitrogen and oxygen atoms in total. The summed E-state index contributed by atoms with van der Waals surface area (Å²) in [4.78, 5) is 15.3. The molecule has 0 atom stereocenters. The second-order valence-corrected chi connectivity index (χ2v) is 10.3. The Kier molecular flexibility index (Phi) is 6.47. The molecule has 1 amide bonds. The van der Waals surface area contributed by atoms with Gasteiger partial charge in [0, 0.05) is 23.7 Å². The molecular weight excluding hydrogens is 374 g/mol. The van der Waals surface area contributed by atoms with E-state index in [9.17, 15) is 13.2 Å². The lowest BCUT2D eigenvalue weighted by Gasteiger charge is -2.39. The number of rotatable bonds is 7. The Morgan fingerprint density at radius 2 is 1.79 bits per heavy atom. The molecule has 0 aromatic heterocycles. The zero-order chi connectivity index (χ0) is 20.4. The van der Waals surface area contributed by atoms with Crippen LogP contribution in [0, 0.1) is 6.92 Å². The van der Waals surface area contributed by atoms with Crippen molar-refractivity contribution in [3.63, 3.8) is 0 Å². The van der Waals surface area contributed by atoms with Crippen molar-refractivity contribution in [3.8, 4) is 0 Å². The molecule has 2 N–H and O–H groups in total. The molecule has 0 spiro atoms. The van der Waals surface area contributed by atoms with Crippen LogP contribution in [0.2, 0.25) is 0 Å². The fourth-order valence-corrected chi connectivity index (χ4v) is 5.34. The topological polar surface area (TPSA) is 78.5 Å². The van der Waals surface area contributed by atoms with E-state index in [-0.39, 0.29) is 22.4 Å². The lowest BCUT2D eigenvalue weighted by atomic mass is 9.88. The van der Waals surface area contributed by atoms with E-state index < -0.39 is 10.0 Å². The number of carbonyl (C=O) groups is 1. The van der Waals surface area contributed by atoms with Crippen LogP contribution in [0.5, 0.6) is 0 Å². The van der Waals surface area contributed by atoms with Gasteiger partial charge in [-0.25, -0.2) is 13.1 Å². The molecule has 0 bridgehead atoms. The Morgan fingerprint density at radius 1 is 1.14 bits per heavy atom. The summed E-state index contributed by atoms with van der Waals surface area (Å²) in [5.41, 5.74) is 1.18. The van der Waals surface area contributed by atoms with Crippen molar-refractivity contribution in [2.24, 2.45) is 0 Å². The molecule has 0 saturated heterocycles. The maximum absolute atomic E-state index is 12.9. The van der Waals surface area contributed by atoms with Gasteiger partial charge in [0.25, 0.3) is 5.91 Å². The highest BCUT2D eigenvalue weighted by molar-refractivity contribution is 7.89. The summed E-state index contributed by atoms with van der Waals surface area (Å²) in [6, 6.07) is 4.83. The monoisotopic (exact) mass is 407 g/mol. The van der Waals surface area contributed by atoms with Gasteiger partial charge in [-0.3, -0.25) is 4.79 Å². The largest absolute Gasteiger partial charge is 0.350 e. The van der Waals surface area contributed by atoms with Gasteiger partial charge in [0.15, 0.2) is 0 Å². The molecule has 2 saturated carbocycles. The first-order valence-electron chi connectivity index (χ1n) is 10.3. The van der Waals surface area contributed by atoms with Crippen molar-refractivity contribution < 1.29 is 13.2 Å². The van der Waals surface area contributed by atoms with E-state index in [2.05, 4.69) is 29.0 Å². The summed E-state index contributed by atoms with van der Waals surface area (Å²) in [5.74, 6) is -0.202. The first kappa shape index (κ1) is 21.3. The smallest absolute Gasteiger partial charge is 0.251 e. The van der Waals surface area contributed by atoms with Gasteiger partial charge in [-0.15, -0.1) is 0 Å². The molecule has 28 heavy (non-hydrogen) atoms. The highest BCUT2D eigenvalue weighted by atomic mass is 32.2. The van der Waals surface area contributed by atoms with Crippen LogP contribution in [0.4, 0.5) is 0 Å². The highest BCUT2D eigenvalue weighted by Crippen LogP contribution is 2.31. The average molecular weight is 408 g/mol. The number of nitrogens with zero attached hydrogens (tertiary/aromatic N) is 1. The van der Waals surface area contributed by atoms with Gasteiger partial charge in [-0.05, 0) is 64.4 Å². The number of nitrogens with one attached hydrogen (secondary N) is 2. The molecule has 1 aromatic rings. The molecular formula is C21H33N3O3S. The summed E-state index contributed by atoms with van der Waals surface area (Å²) in [6.07, 6.45) is 8.74. The maximum atomic E-state index is 12.9. The molecule has 0 unspecified atom stereocenters. The molecule has 1 aromatic carbocycles. The van der Waals surface area contributed by atoms with Gasteiger partial charge in [0.05, 0.1) is 4.90 Å². The second kappa shape index (κ2) is 8.51. The van der Waals surface area contributed by atoms with Gasteiger partial charge in [-0.1, -0.05) is 31.7 Å². The summed E-state index contributed by atoms with van der Waals surface area (Å²) < 4.78 is 27.7. The van der Waals surface area contributed by atoms with E-state index in [4.69, 9.17) is 0 Å². The third kappa shape index (κ3) is 4.93. The quantitative estimate of drug-likeness (QED) is 0.681. The van der Waals surface area contributed by atoms with Crippen LogP contribution >= 0.6 is 0 Å². The molecule has 0 radical (unpaired) electrons. The number of hydrogen-bond acceptors (Lipinski definition) is 4. The number of aryl methyl sites for hydroxylation is 1. The second-order valence-electron chi connectivity index (χ2n) is 8.59. The summed E-state index contributed by atoms with van der Waals surface area (Å²) in [6.45, 7) is 2.42. The van der Waals surface area contributed by atoms with Gasteiger partial charge in [0.1, 0.15) is 0 Å². The van der Waals surface area contributed by atoms with Crippen molar-refractivity contribution in [2.75, 3.05) is 20.6 Å². The third-order valence-corrected chi connectivity index (χ3v) is 7.74. The van der Waals surface area contributed by atoms with Crippen LogP contribution in [0.15, 0.2) is 23.1 Å². The number of benzene rings is 1. The van der Waals surface area contributed by atoms with E-state index in [1.54, 1.807) is 12.1 Å². The molecule has 3 rings (SSSR count). The number of likely N-dealkylation sites (N-methyl/N-ethyl adjacent to an activating group) is 1. The Hall–Kier alpha value is -1.44. The Morgan fingerprint density at radius 3 is 2.36 bits per heavy atom. The molecule has 2 fully saturated rings.